The average Bonchev–Trinajstić information content (AvgIpc) is 2.87. The van der Waals surface area contributed by atoms with Gasteiger partial charge in [-0.15, -0.1) is 0 Å². The summed E-state index contributed by atoms with van der Waals surface area (Å²) in [6, 6.07) is 10.4. The number of aromatic nitrogens is 2. The van der Waals surface area contributed by atoms with Gasteiger partial charge in [-0.3, -0.25) is 9.58 Å². The first kappa shape index (κ1) is 13.6. The number of rotatable bonds is 6. The molecule has 0 fully saturated rings. The molecule has 2 aromatic rings. The summed E-state index contributed by atoms with van der Waals surface area (Å²) in [6.07, 6.45) is 8.41. The van der Waals surface area contributed by atoms with Gasteiger partial charge >= 0.3 is 0 Å². The van der Waals surface area contributed by atoms with Crippen LogP contribution in [-0.2, 0) is 13.1 Å². The SMILES string of the molecule is CCn1cc(CN(C)CC=Cc2ccccc2)cn1. The van der Waals surface area contributed by atoms with E-state index in [1.807, 2.05) is 16.9 Å². The topological polar surface area (TPSA) is 21.1 Å². The van der Waals surface area contributed by atoms with Gasteiger partial charge in [0.1, 0.15) is 0 Å². The molecular weight excluding hydrogens is 234 g/mol. The molecule has 0 N–H and O–H groups in total. The molecular formula is C16H21N3. The third-order valence-electron chi connectivity index (χ3n) is 2.99. The number of benzene rings is 1. The minimum absolute atomic E-state index is 0.928. The maximum absolute atomic E-state index is 4.29. The van der Waals surface area contributed by atoms with Gasteiger partial charge in [0, 0.05) is 31.4 Å². The molecule has 0 unspecified atom stereocenters. The molecule has 3 heteroatoms. The molecule has 2 rings (SSSR count). The first-order valence-corrected chi connectivity index (χ1v) is 6.69. The van der Waals surface area contributed by atoms with Crippen LogP contribution < -0.4 is 0 Å². The van der Waals surface area contributed by atoms with Crippen LogP contribution >= 0.6 is 0 Å². The quantitative estimate of drug-likeness (QED) is 0.791. The fourth-order valence-electron chi connectivity index (χ4n) is 1.97. The lowest BCUT2D eigenvalue weighted by Crippen LogP contribution is -2.17. The van der Waals surface area contributed by atoms with E-state index in [-0.39, 0.29) is 0 Å². The van der Waals surface area contributed by atoms with Crippen molar-refractivity contribution in [2.24, 2.45) is 0 Å². The van der Waals surface area contributed by atoms with Gasteiger partial charge in [-0.25, -0.2) is 0 Å². The van der Waals surface area contributed by atoms with Crippen molar-refractivity contribution < 1.29 is 0 Å². The lowest BCUT2D eigenvalue weighted by molar-refractivity contribution is 0.364. The van der Waals surface area contributed by atoms with Crippen molar-refractivity contribution in [3.8, 4) is 0 Å². The molecule has 19 heavy (non-hydrogen) atoms. The van der Waals surface area contributed by atoms with E-state index in [0.29, 0.717) is 0 Å². The Hall–Kier alpha value is -1.87. The van der Waals surface area contributed by atoms with Crippen LogP contribution in [0.4, 0.5) is 0 Å². The molecule has 0 bridgehead atoms. The fourth-order valence-corrected chi connectivity index (χ4v) is 1.97. The largest absolute Gasteiger partial charge is 0.298 e. The van der Waals surface area contributed by atoms with Crippen molar-refractivity contribution >= 4 is 6.08 Å². The van der Waals surface area contributed by atoms with E-state index >= 15 is 0 Å². The van der Waals surface area contributed by atoms with Gasteiger partial charge in [0.15, 0.2) is 0 Å². The number of nitrogens with zero attached hydrogens (tertiary/aromatic N) is 3. The predicted octanol–water partition coefficient (Wildman–Crippen LogP) is 3.05. The van der Waals surface area contributed by atoms with Crippen LogP contribution in [0, 0.1) is 0 Å². The zero-order valence-corrected chi connectivity index (χ0v) is 11.7. The van der Waals surface area contributed by atoms with Crippen LogP contribution in [0.3, 0.4) is 0 Å². The van der Waals surface area contributed by atoms with Gasteiger partial charge in [-0.2, -0.15) is 5.10 Å². The van der Waals surface area contributed by atoms with E-state index in [2.05, 4.69) is 66.6 Å². The molecule has 1 aromatic carbocycles. The van der Waals surface area contributed by atoms with Crippen LogP contribution in [0.5, 0.6) is 0 Å². The summed E-state index contributed by atoms with van der Waals surface area (Å²) in [5.41, 5.74) is 2.51. The zero-order valence-electron chi connectivity index (χ0n) is 11.7. The van der Waals surface area contributed by atoms with Crippen molar-refractivity contribution in [1.29, 1.82) is 0 Å². The molecule has 0 aliphatic heterocycles. The number of likely N-dealkylation sites (N-methyl/N-ethyl adjacent to an activating group) is 1. The molecule has 0 saturated heterocycles. The van der Waals surface area contributed by atoms with Crippen molar-refractivity contribution in [1.82, 2.24) is 14.7 Å². The summed E-state index contributed by atoms with van der Waals surface area (Å²) in [7, 11) is 2.12. The molecule has 0 radical (unpaired) electrons. The third-order valence-corrected chi connectivity index (χ3v) is 2.99. The summed E-state index contributed by atoms with van der Waals surface area (Å²) in [5, 5.41) is 4.29. The van der Waals surface area contributed by atoms with Gasteiger partial charge in [0.25, 0.3) is 0 Å². The van der Waals surface area contributed by atoms with Gasteiger partial charge < -0.3 is 0 Å². The van der Waals surface area contributed by atoms with E-state index in [1.54, 1.807) is 0 Å². The normalized spacial score (nSPS) is 11.5. The number of aryl methyl sites for hydroxylation is 1. The van der Waals surface area contributed by atoms with Crippen LogP contribution in [-0.4, -0.2) is 28.3 Å². The Morgan fingerprint density at radius 3 is 2.74 bits per heavy atom. The highest BCUT2D eigenvalue weighted by atomic mass is 15.3. The van der Waals surface area contributed by atoms with Crippen LogP contribution in [0.15, 0.2) is 48.8 Å². The zero-order chi connectivity index (χ0) is 13.5. The van der Waals surface area contributed by atoms with E-state index in [0.717, 1.165) is 19.6 Å². The van der Waals surface area contributed by atoms with Crippen LogP contribution in [0.1, 0.15) is 18.1 Å². The van der Waals surface area contributed by atoms with Crippen molar-refractivity contribution in [3.63, 3.8) is 0 Å². The molecule has 100 valence electrons. The van der Waals surface area contributed by atoms with Crippen LogP contribution in [0.2, 0.25) is 0 Å². The Balaban J connectivity index is 1.81. The first-order chi connectivity index (χ1) is 9.28. The monoisotopic (exact) mass is 255 g/mol. The number of hydrogen-bond acceptors (Lipinski definition) is 2. The summed E-state index contributed by atoms with van der Waals surface area (Å²) in [5.74, 6) is 0. The second-order valence-electron chi connectivity index (χ2n) is 4.71. The first-order valence-electron chi connectivity index (χ1n) is 6.69. The van der Waals surface area contributed by atoms with Gasteiger partial charge in [-0.1, -0.05) is 42.5 Å². The van der Waals surface area contributed by atoms with Gasteiger partial charge in [0.2, 0.25) is 0 Å². The minimum atomic E-state index is 0.928. The Bertz CT molecular complexity index is 514. The highest BCUT2D eigenvalue weighted by Crippen LogP contribution is 2.04. The molecule has 3 nitrogen and oxygen atoms in total. The highest BCUT2D eigenvalue weighted by molar-refractivity contribution is 5.48. The summed E-state index contributed by atoms with van der Waals surface area (Å²) in [4.78, 5) is 2.27. The standard InChI is InChI=1S/C16H21N3/c1-3-19-14-16(12-17-19)13-18(2)11-7-10-15-8-5-4-6-9-15/h4-10,12,14H,3,11,13H2,1-2H3. The highest BCUT2D eigenvalue weighted by Gasteiger charge is 2.00. The average molecular weight is 255 g/mol. The van der Waals surface area contributed by atoms with E-state index in [9.17, 15) is 0 Å². The fraction of sp³-hybridized carbons (Fsp3) is 0.312. The minimum Gasteiger partial charge on any atom is -0.298 e. The molecule has 0 aliphatic rings. The summed E-state index contributed by atoms with van der Waals surface area (Å²) in [6.45, 7) is 4.89. The Morgan fingerprint density at radius 1 is 1.26 bits per heavy atom. The van der Waals surface area contributed by atoms with E-state index < -0.39 is 0 Å². The summed E-state index contributed by atoms with van der Waals surface area (Å²) < 4.78 is 1.96. The van der Waals surface area contributed by atoms with Crippen molar-refractivity contribution in [2.45, 2.75) is 20.0 Å². The second-order valence-corrected chi connectivity index (χ2v) is 4.71. The molecule has 0 saturated carbocycles. The lowest BCUT2D eigenvalue weighted by atomic mass is 10.2. The molecule has 0 atom stereocenters. The van der Waals surface area contributed by atoms with Crippen molar-refractivity contribution in [3.05, 3.63) is 59.9 Å². The Morgan fingerprint density at radius 2 is 2.05 bits per heavy atom. The van der Waals surface area contributed by atoms with Crippen LogP contribution in [0.25, 0.3) is 6.08 Å². The molecule has 1 aromatic heterocycles. The van der Waals surface area contributed by atoms with Gasteiger partial charge in [-0.05, 0) is 19.5 Å². The van der Waals surface area contributed by atoms with E-state index in [1.165, 1.54) is 11.1 Å². The maximum Gasteiger partial charge on any atom is 0.0534 e. The maximum atomic E-state index is 4.29. The predicted molar refractivity (Wildman–Crippen MR) is 79.7 cm³/mol. The summed E-state index contributed by atoms with van der Waals surface area (Å²) >= 11 is 0. The second kappa shape index (κ2) is 6.90. The smallest absolute Gasteiger partial charge is 0.0534 e. The third kappa shape index (κ3) is 4.38. The van der Waals surface area contributed by atoms with Gasteiger partial charge in [0.05, 0.1) is 6.20 Å². The number of hydrogen-bond donors (Lipinski definition) is 0. The molecule has 0 aliphatic carbocycles. The lowest BCUT2D eigenvalue weighted by Gasteiger charge is -2.12. The van der Waals surface area contributed by atoms with Crippen molar-refractivity contribution in [2.75, 3.05) is 13.6 Å². The van der Waals surface area contributed by atoms with E-state index in [4.69, 9.17) is 0 Å². The molecule has 1 heterocycles. The Labute approximate surface area is 115 Å². The Kier molecular flexibility index (Phi) is 4.93. The molecule has 0 amide bonds. The molecule has 0 spiro atoms.